The lowest BCUT2D eigenvalue weighted by atomic mass is 10.4. The normalized spacial score (nSPS) is 10.2. The number of ether oxygens (including phenoxy) is 1. The molecule has 0 saturated carbocycles. The fraction of sp³-hybridized carbons (Fsp3) is 0.875. The van der Waals surface area contributed by atoms with E-state index < -0.39 is 0 Å². The molecule has 0 rings (SSSR count). The van der Waals surface area contributed by atoms with Crippen molar-refractivity contribution in [2.75, 3.05) is 13.2 Å². The summed E-state index contributed by atoms with van der Waals surface area (Å²) >= 11 is 0. The molecule has 0 aromatic carbocycles. The van der Waals surface area contributed by atoms with E-state index in [-0.39, 0.29) is 18.6 Å². The molecule has 0 heterocycles. The van der Waals surface area contributed by atoms with Gasteiger partial charge in [0, 0.05) is 12.6 Å². The van der Waals surface area contributed by atoms with Crippen molar-refractivity contribution >= 4 is 5.91 Å². The molecule has 0 radical (unpaired) electrons. The topological polar surface area (TPSA) is 38.3 Å². The minimum Gasteiger partial charge on any atom is -0.372 e. The Balaban J connectivity index is 3.23. The van der Waals surface area contributed by atoms with Gasteiger partial charge in [0.25, 0.3) is 0 Å². The summed E-state index contributed by atoms with van der Waals surface area (Å²) < 4.78 is 5.03. The van der Waals surface area contributed by atoms with Gasteiger partial charge in [-0.1, -0.05) is 6.92 Å². The van der Waals surface area contributed by atoms with Crippen LogP contribution in [0.4, 0.5) is 0 Å². The average Bonchev–Trinajstić information content (AvgIpc) is 1.86. The van der Waals surface area contributed by atoms with Gasteiger partial charge in [-0.3, -0.25) is 4.79 Å². The summed E-state index contributed by atoms with van der Waals surface area (Å²) in [5, 5.41) is 2.74. The van der Waals surface area contributed by atoms with Crippen molar-refractivity contribution in [2.45, 2.75) is 33.2 Å². The van der Waals surface area contributed by atoms with Crippen molar-refractivity contribution in [3.63, 3.8) is 0 Å². The smallest absolute Gasteiger partial charge is 0.246 e. The first-order valence-corrected chi connectivity index (χ1v) is 4.04. The highest BCUT2D eigenvalue weighted by Gasteiger charge is 2.01. The summed E-state index contributed by atoms with van der Waals surface area (Å²) in [7, 11) is 0. The molecule has 3 nitrogen and oxygen atoms in total. The van der Waals surface area contributed by atoms with Crippen molar-refractivity contribution in [1.29, 1.82) is 0 Å². The third-order valence-electron chi connectivity index (χ3n) is 1.03. The lowest BCUT2D eigenvalue weighted by Crippen LogP contribution is -2.33. The van der Waals surface area contributed by atoms with E-state index in [1.54, 1.807) is 0 Å². The minimum atomic E-state index is -0.0338. The second-order valence-electron chi connectivity index (χ2n) is 2.77. The van der Waals surface area contributed by atoms with E-state index in [4.69, 9.17) is 4.74 Å². The van der Waals surface area contributed by atoms with E-state index in [9.17, 15) is 4.79 Å². The molecule has 0 aliphatic heterocycles. The van der Waals surface area contributed by atoms with Gasteiger partial charge in [0.2, 0.25) is 5.91 Å². The van der Waals surface area contributed by atoms with Crippen LogP contribution in [0.3, 0.4) is 0 Å². The van der Waals surface area contributed by atoms with E-state index in [0.29, 0.717) is 6.61 Å². The van der Waals surface area contributed by atoms with Crippen LogP contribution in [0.2, 0.25) is 0 Å². The van der Waals surface area contributed by atoms with Crippen LogP contribution in [0.25, 0.3) is 0 Å². The van der Waals surface area contributed by atoms with Crippen molar-refractivity contribution in [3.8, 4) is 0 Å². The van der Waals surface area contributed by atoms with Crippen LogP contribution < -0.4 is 5.32 Å². The fourth-order valence-electron chi connectivity index (χ4n) is 0.673. The summed E-state index contributed by atoms with van der Waals surface area (Å²) in [5.74, 6) is -0.0338. The van der Waals surface area contributed by atoms with Crippen LogP contribution >= 0.6 is 0 Å². The SMILES string of the molecule is CCCOCC(=O)NC(C)C. The molecule has 0 fully saturated rings. The number of carbonyl (C=O) groups excluding carboxylic acids is 1. The molecule has 0 spiro atoms. The molecule has 0 aliphatic rings. The van der Waals surface area contributed by atoms with E-state index in [0.717, 1.165) is 6.42 Å². The van der Waals surface area contributed by atoms with Gasteiger partial charge in [-0.15, -0.1) is 0 Å². The Labute approximate surface area is 68.1 Å². The first kappa shape index (κ1) is 10.4. The van der Waals surface area contributed by atoms with Gasteiger partial charge in [0.1, 0.15) is 6.61 Å². The molecule has 1 amide bonds. The Hall–Kier alpha value is -0.570. The van der Waals surface area contributed by atoms with E-state index >= 15 is 0 Å². The van der Waals surface area contributed by atoms with Crippen molar-refractivity contribution in [1.82, 2.24) is 5.32 Å². The van der Waals surface area contributed by atoms with Crippen LogP contribution in [-0.4, -0.2) is 25.2 Å². The number of nitrogens with one attached hydrogen (secondary N) is 1. The number of amides is 1. The zero-order chi connectivity index (χ0) is 8.69. The highest BCUT2D eigenvalue weighted by Crippen LogP contribution is 1.82. The Morgan fingerprint density at radius 1 is 1.55 bits per heavy atom. The van der Waals surface area contributed by atoms with Crippen LogP contribution in [0.5, 0.6) is 0 Å². The van der Waals surface area contributed by atoms with E-state index in [1.807, 2.05) is 20.8 Å². The summed E-state index contributed by atoms with van der Waals surface area (Å²) in [5.41, 5.74) is 0. The van der Waals surface area contributed by atoms with Gasteiger partial charge in [-0.25, -0.2) is 0 Å². The fourth-order valence-corrected chi connectivity index (χ4v) is 0.673. The highest BCUT2D eigenvalue weighted by atomic mass is 16.5. The Kier molecular flexibility index (Phi) is 5.84. The van der Waals surface area contributed by atoms with Crippen molar-refractivity contribution in [2.24, 2.45) is 0 Å². The van der Waals surface area contributed by atoms with E-state index in [2.05, 4.69) is 5.32 Å². The largest absolute Gasteiger partial charge is 0.372 e. The molecule has 0 unspecified atom stereocenters. The Bertz CT molecular complexity index is 113. The maximum absolute atomic E-state index is 10.9. The molecule has 0 atom stereocenters. The molecule has 0 aromatic rings. The monoisotopic (exact) mass is 159 g/mol. The van der Waals surface area contributed by atoms with Crippen LogP contribution in [0.1, 0.15) is 27.2 Å². The quantitative estimate of drug-likeness (QED) is 0.606. The van der Waals surface area contributed by atoms with Gasteiger partial charge < -0.3 is 10.1 Å². The summed E-state index contributed by atoms with van der Waals surface area (Å²) in [4.78, 5) is 10.9. The predicted octanol–water partition coefficient (Wildman–Crippen LogP) is 0.938. The average molecular weight is 159 g/mol. The van der Waals surface area contributed by atoms with Gasteiger partial charge in [0.05, 0.1) is 0 Å². The number of hydrogen-bond donors (Lipinski definition) is 1. The van der Waals surface area contributed by atoms with Gasteiger partial charge >= 0.3 is 0 Å². The second-order valence-corrected chi connectivity index (χ2v) is 2.77. The maximum Gasteiger partial charge on any atom is 0.246 e. The van der Waals surface area contributed by atoms with E-state index in [1.165, 1.54) is 0 Å². The van der Waals surface area contributed by atoms with Gasteiger partial charge in [0.15, 0.2) is 0 Å². The highest BCUT2D eigenvalue weighted by molar-refractivity contribution is 5.77. The van der Waals surface area contributed by atoms with Crippen LogP contribution in [0, 0.1) is 0 Å². The predicted molar refractivity (Wildman–Crippen MR) is 44.4 cm³/mol. The van der Waals surface area contributed by atoms with Crippen molar-refractivity contribution < 1.29 is 9.53 Å². The molecule has 0 aromatic heterocycles. The zero-order valence-corrected chi connectivity index (χ0v) is 7.52. The standard InChI is InChI=1S/C8H17NO2/c1-4-5-11-6-8(10)9-7(2)3/h7H,4-6H2,1-3H3,(H,9,10). The third kappa shape index (κ3) is 7.33. The summed E-state index contributed by atoms with van der Waals surface area (Å²) in [6.07, 6.45) is 0.953. The number of rotatable bonds is 5. The zero-order valence-electron chi connectivity index (χ0n) is 7.52. The van der Waals surface area contributed by atoms with Crippen LogP contribution in [0.15, 0.2) is 0 Å². The lowest BCUT2D eigenvalue weighted by Gasteiger charge is -2.07. The molecule has 3 heteroatoms. The minimum absolute atomic E-state index is 0.0338. The number of hydrogen-bond acceptors (Lipinski definition) is 2. The van der Waals surface area contributed by atoms with Crippen molar-refractivity contribution in [3.05, 3.63) is 0 Å². The lowest BCUT2D eigenvalue weighted by molar-refractivity contribution is -0.126. The molecule has 66 valence electrons. The third-order valence-corrected chi connectivity index (χ3v) is 1.03. The van der Waals surface area contributed by atoms with Crippen LogP contribution in [-0.2, 0) is 9.53 Å². The molecule has 0 bridgehead atoms. The molecule has 0 saturated heterocycles. The first-order chi connectivity index (χ1) is 5.16. The van der Waals surface area contributed by atoms with Gasteiger partial charge in [-0.05, 0) is 20.3 Å². The summed E-state index contributed by atoms with van der Waals surface area (Å²) in [6, 6.07) is 0.202. The summed E-state index contributed by atoms with van der Waals surface area (Å²) in [6.45, 7) is 6.72. The second kappa shape index (κ2) is 6.16. The molecule has 0 aliphatic carbocycles. The molecular weight excluding hydrogens is 142 g/mol. The number of carbonyl (C=O) groups is 1. The first-order valence-electron chi connectivity index (χ1n) is 4.04. The Morgan fingerprint density at radius 2 is 2.18 bits per heavy atom. The van der Waals surface area contributed by atoms with Gasteiger partial charge in [-0.2, -0.15) is 0 Å². The Morgan fingerprint density at radius 3 is 2.64 bits per heavy atom. The molecule has 1 N–H and O–H groups in total. The molecule has 11 heavy (non-hydrogen) atoms. The maximum atomic E-state index is 10.9. The molecular formula is C8H17NO2.